The number of carbonyl (C=O) groups excluding carboxylic acids is 1. The maximum atomic E-state index is 11.1. The summed E-state index contributed by atoms with van der Waals surface area (Å²) in [6, 6.07) is 13.1. The average molecular weight is 265 g/mol. The number of hydrogen-bond donors (Lipinski definition) is 1. The summed E-state index contributed by atoms with van der Waals surface area (Å²) in [6.07, 6.45) is 0. The molecule has 4 heteroatoms. The van der Waals surface area contributed by atoms with Crippen LogP contribution < -0.4 is 5.73 Å². The van der Waals surface area contributed by atoms with E-state index in [0.29, 0.717) is 21.2 Å². The van der Waals surface area contributed by atoms with E-state index >= 15 is 0 Å². The van der Waals surface area contributed by atoms with Gasteiger partial charge in [-0.25, -0.2) is 0 Å². The minimum Gasteiger partial charge on any atom is -0.366 e. The Bertz CT molecular complexity index is 564. The molecule has 17 heavy (non-hydrogen) atoms. The zero-order chi connectivity index (χ0) is 12.4. The van der Waals surface area contributed by atoms with Crippen molar-refractivity contribution < 1.29 is 4.79 Å². The first-order valence-corrected chi connectivity index (χ1v) is 5.60. The van der Waals surface area contributed by atoms with Gasteiger partial charge in [0, 0.05) is 22.2 Å². The lowest BCUT2D eigenvalue weighted by Gasteiger charge is -2.06. The fourth-order valence-corrected chi connectivity index (χ4v) is 1.81. The third-order valence-corrected chi connectivity index (χ3v) is 2.90. The van der Waals surface area contributed by atoms with E-state index < -0.39 is 5.91 Å². The van der Waals surface area contributed by atoms with Gasteiger partial charge in [-0.05, 0) is 29.8 Å². The predicted octanol–water partition coefficient (Wildman–Crippen LogP) is 3.56. The quantitative estimate of drug-likeness (QED) is 0.886. The topological polar surface area (TPSA) is 43.1 Å². The van der Waals surface area contributed by atoms with E-state index in [1.54, 1.807) is 18.2 Å². The number of rotatable bonds is 2. The fourth-order valence-electron chi connectivity index (χ4n) is 1.46. The molecule has 85 valence electrons. The number of benzene rings is 2. The lowest BCUT2D eigenvalue weighted by Crippen LogP contribution is -2.10. The third kappa shape index (κ3) is 2.60. The Morgan fingerprint density at radius 1 is 1.18 bits per heavy atom. The molecule has 0 aliphatic heterocycles. The molecule has 0 unspecified atom stereocenters. The molecule has 0 aliphatic rings. The van der Waals surface area contributed by atoms with Gasteiger partial charge in [0.2, 0.25) is 5.91 Å². The van der Waals surface area contributed by atoms with Gasteiger partial charge in [-0.3, -0.25) is 4.79 Å². The van der Waals surface area contributed by atoms with Crippen LogP contribution in [0.1, 0.15) is 10.4 Å². The molecule has 0 atom stereocenters. The monoisotopic (exact) mass is 264 g/mol. The van der Waals surface area contributed by atoms with Crippen LogP contribution in [0.15, 0.2) is 36.4 Å². The highest BCUT2D eigenvalue weighted by atomic mass is 35.5. The van der Waals surface area contributed by atoms with Crippen molar-refractivity contribution in [2.24, 2.45) is 5.73 Å². The van der Waals surface area contributed by atoms with E-state index in [4.69, 9.17) is 28.9 Å². The molecule has 0 saturated heterocycles. The molecule has 0 aromatic heterocycles. The summed E-state index contributed by atoms with van der Waals surface area (Å²) in [7, 11) is 0. The lowest BCUT2D eigenvalue weighted by atomic mass is 10.0. The zero-order valence-electron chi connectivity index (χ0n) is 8.71. The molecular weight excluding hydrogens is 257 g/mol. The van der Waals surface area contributed by atoms with Crippen LogP contribution in [0, 0.1) is 6.07 Å². The van der Waals surface area contributed by atoms with Gasteiger partial charge in [-0.15, -0.1) is 0 Å². The van der Waals surface area contributed by atoms with Crippen LogP contribution in [0.4, 0.5) is 0 Å². The van der Waals surface area contributed by atoms with Gasteiger partial charge in [0.25, 0.3) is 0 Å². The fraction of sp³-hybridized carbons (Fsp3) is 0. The maximum Gasteiger partial charge on any atom is 0.248 e. The number of amides is 1. The molecule has 0 saturated carbocycles. The average Bonchev–Trinajstić information content (AvgIpc) is 2.31. The zero-order valence-corrected chi connectivity index (χ0v) is 10.2. The molecule has 0 fully saturated rings. The van der Waals surface area contributed by atoms with Gasteiger partial charge in [-0.2, -0.15) is 0 Å². The molecule has 2 aromatic carbocycles. The predicted molar refractivity (Wildman–Crippen MR) is 69.3 cm³/mol. The highest BCUT2D eigenvalue weighted by Crippen LogP contribution is 2.29. The molecule has 1 radical (unpaired) electrons. The van der Waals surface area contributed by atoms with Crippen molar-refractivity contribution in [1.82, 2.24) is 0 Å². The Balaban J connectivity index is 2.54. The van der Waals surface area contributed by atoms with Crippen molar-refractivity contribution in [3.05, 3.63) is 58.1 Å². The van der Waals surface area contributed by atoms with Gasteiger partial charge >= 0.3 is 0 Å². The first-order chi connectivity index (χ1) is 8.08. The Hall–Kier alpha value is -1.51. The molecule has 2 nitrogen and oxygen atoms in total. The van der Waals surface area contributed by atoms with Gasteiger partial charge in [0.05, 0.1) is 5.02 Å². The highest BCUT2D eigenvalue weighted by molar-refractivity contribution is 6.33. The van der Waals surface area contributed by atoms with Gasteiger partial charge in [0.1, 0.15) is 0 Å². The second-order valence-electron chi connectivity index (χ2n) is 3.49. The molecule has 0 aliphatic carbocycles. The largest absolute Gasteiger partial charge is 0.366 e. The molecule has 1 amide bonds. The van der Waals surface area contributed by atoms with Gasteiger partial charge in [-0.1, -0.05) is 35.3 Å². The summed E-state index contributed by atoms with van der Waals surface area (Å²) < 4.78 is 0. The summed E-state index contributed by atoms with van der Waals surface area (Å²) in [5, 5.41) is 1.08. The number of halogens is 2. The van der Waals surface area contributed by atoms with Crippen molar-refractivity contribution in [2.75, 3.05) is 0 Å². The Kier molecular flexibility index (Phi) is 3.36. The van der Waals surface area contributed by atoms with Gasteiger partial charge < -0.3 is 5.73 Å². The molecule has 2 N–H and O–H groups in total. The van der Waals surface area contributed by atoms with Crippen LogP contribution in [0.25, 0.3) is 11.1 Å². The summed E-state index contributed by atoms with van der Waals surface area (Å²) in [5.41, 5.74) is 7.15. The molecule has 2 rings (SSSR count). The Morgan fingerprint density at radius 3 is 2.41 bits per heavy atom. The van der Waals surface area contributed by atoms with Crippen LogP contribution in [0.5, 0.6) is 0 Å². The van der Waals surface area contributed by atoms with Crippen molar-refractivity contribution in [1.29, 1.82) is 0 Å². The van der Waals surface area contributed by atoms with Crippen molar-refractivity contribution in [2.45, 2.75) is 0 Å². The van der Waals surface area contributed by atoms with Crippen LogP contribution >= 0.6 is 23.2 Å². The summed E-state index contributed by atoms with van der Waals surface area (Å²) in [4.78, 5) is 11.1. The normalized spacial score (nSPS) is 10.2. The van der Waals surface area contributed by atoms with E-state index in [-0.39, 0.29) is 0 Å². The SMILES string of the molecule is NC(=O)c1c[c]c(Cl)c(-c2ccc(Cl)cc2)c1. The summed E-state index contributed by atoms with van der Waals surface area (Å²) >= 11 is 11.8. The van der Waals surface area contributed by atoms with E-state index in [2.05, 4.69) is 6.07 Å². The highest BCUT2D eigenvalue weighted by Gasteiger charge is 2.08. The second-order valence-corrected chi connectivity index (χ2v) is 4.30. The van der Waals surface area contributed by atoms with Crippen molar-refractivity contribution >= 4 is 29.1 Å². The first kappa shape index (κ1) is 12.0. The molecule has 2 aromatic rings. The van der Waals surface area contributed by atoms with E-state index in [9.17, 15) is 4.79 Å². The maximum absolute atomic E-state index is 11.1. The van der Waals surface area contributed by atoms with Gasteiger partial charge in [0.15, 0.2) is 0 Å². The van der Waals surface area contributed by atoms with E-state index in [1.165, 1.54) is 6.07 Å². The molecule has 0 spiro atoms. The van der Waals surface area contributed by atoms with Crippen LogP contribution in [0.3, 0.4) is 0 Å². The molecule has 0 bridgehead atoms. The van der Waals surface area contributed by atoms with Crippen LogP contribution in [-0.4, -0.2) is 5.91 Å². The lowest BCUT2D eigenvalue weighted by molar-refractivity contribution is 0.100. The van der Waals surface area contributed by atoms with E-state index in [1.807, 2.05) is 12.1 Å². The number of carbonyl (C=O) groups is 1. The van der Waals surface area contributed by atoms with Crippen LogP contribution in [0.2, 0.25) is 10.0 Å². The third-order valence-electron chi connectivity index (χ3n) is 2.33. The second kappa shape index (κ2) is 4.78. The standard InChI is InChI=1S/C13H8Cl2NO/c14-10-4-1-8(2-5-10)11-7-9(13(16)17)3-6-12(11)15/h1-5,7H,(H2,16,17). The van der Waals surface area contributed by atoms with Crippen LogP contribution in [-0.2, 0) is 0 Å². The summed E-state index contributed by atoms with van der Waals surface area (Å²) in [6.45, 7) is 0. The first-order valence-electron chi connectivity index (χ1n) is 4.85. The number of hydrogen-bond acceptors (Lipinski definition) is 1. The van der Waals surface area contributed by atoms with E-state index in [0.717, 1.165) is 5.56 Å². The number of nitrogens with two attached hydrogens (primary N) is 1. The Labute approximate surface area is 109 Å². The Morgan fingerprint density at radius 2 is 1.82 bits per heavy atom. The van der Waals surface area contributed by atoms with Crippen molar-refractivity contribution in [3.63, 3.8) is 0 Å². The molecular formula is C13H8Cl2NO. The molecule has 0 heterocycles. The van der Waals surface area contributed by atoms with Crippen molar-refractivity contribution in [3.8, 4) is 11.1 Å². The smallest absolute Gasteiger partial charge is 0.248 e. The number of primary amides is 1. The summed E-state index contributed by atoms with van der Waals surface area (Å²) in [5.74, 6) is -0.506. The minimum absolute atomic E-state index is 0.374. The minimum atomic E-state index is -0.506.